The van der Waals surface area contributed by atoms with E-state index >= 15 is 0 Å². The van der Waals surface area contributed by atoms with E-state index in [0.29, 0.717) is 13.2 Å². The van der Waals surface area contributed by atoms with Crippen LogP contribution in [0, 0.1) is 0 Å². The first-order valence-corrected chi connectivity index (χ1v) is 5.03. The average molecular weight is 258 g/mol. The van der Waals surface area contributed by atoms with Crippen LogP contribution < -0.4 is 5.73 Å². The number of carbonyl (C=O) groups excluding carboxylic acids is 1. The molecule has 0 fully saturated rings. The van der Waals surface area contributed by atoms with Crippen LogP contribution >= 0.6 is 15.9 Å². The summed E-state index contributed by atoms with van der Waals surface area (Å²) in [4.78, 5) is 10.6. The number of benzene rings is 1. The normalized spacial score (nSPS) is 9.93. The van der Waals surface area contributed by atoms with Crippen LogP contribution in [0.3, 0.4) is 0 Å². The molecule has 1 rings (SSSR count). The summed E-state index contributed by atoms with van der Waals surface area (Å²) in [6.45, 7) is 2.16. The third-order valence-corrected chi connectivity index (χ3v) is 2.55. The van der Waals surface area contributed by atoms with E-state index in [0.717, 1.165) is 15.6 Å². The van der Waals surface area contributed by atoms with Gasteiger partial charge in [-0.05, 0) is 23.3 Å². The van der Waals surface area contributed by atoms with E-state index in [-0.39, 0.29) is 5.97 Å². The van der Waals surface area contributed by atoms with Crippen LogP contribution in [0.15, 0.2) is 22.7 Å². The molecule has 76 valence electrons. The molecule has 1 aromatic rings. The van der Waals surface area contributed by atoms with Crippen molar-refractivity contribution in [3.8, 4) is 0 Å². The SMILES string of the molecule is CC(=O)OCc1ccc(Br)c(CN)c1. The molecule has 0 aliphatic carbocycles. The average Bonchev–Trinajstić information content (AvgIpc) is 2.16. The Hall–Kier alpha value is -0.870. The molecule has 0 saturated carbocycles. The summed E-state index contributed by atoms with van der Waals surface area (Å²) in [5.41, 5.74) is 7.49. The smallest absolute Gasteiger partial charge is 0.302 e. The van der Waals surface area contributed by atoms with Gasteiger partial charge >= 0.3 is 5.97 Å². The molecule has 14 heavy (non-hydrogen) atoms. The Bertz CT molecular complexity index is 339. The molecule has 3 nitrogen and oxygen atoms in total. The van der Waals surface area contributed by atoms with Gasteiger partial charge in [-0.15, -0.1) is 0 Å². The molecule has 2 N–H and O–H groups in total. The van der Waals surface area contributed by atoms with Crippen molar-refractivity contribution >= 4 is 21.9 Å². The van der Waals surface area contributed by atoms with Crippen LogP contribution in [0.2, 0.25) is 0 Å². The van der Waals surface area contributed by atoms with Crippen molar-refractivity contribution in [1.29, 1.82) is 0 Å². The quantitative estimate of drug-likeness (QED) is 0.843. The summed E-state index contributed by atoms with van der Waals surface area (Å²) in [6.07, 6.45) is 0. The predicted octanol–water partition coefficient (Wildman–Crippen LogP) is 1.97. The van der Waals surface area contributed by atoms with Crippen molar-refractivity contribution < 1.29 is 9.53 Å². The molecule has 0 bridgehead atoms. The second-order valence-electron chi connectivity index (χ2n) is 2.91. The van der Waals surface area contributed by atoms with Crippen LogP contribution in [0.4, 0.5) is 0 Å². The van der Waals surface area contributed by atoms with Crippen LogP contribution in [0.1, 0.15) is 18.1 Å². The molecular weight excluding hydrogens is 246 g/mol. The van der Waals surface area contributed by atoms with E-state index in [9.17, 15) is 4.79 Å². The Morgan fingerprint density at radius 1 is 1.57 bits per heavy atom. The fraction of sp³-hybridized carbons (Fsp3) is 0.300. The summed E-state index contributed by atoms with van der Waals surface area (Å²) < 4.78 is 5.85. The van der Waals surface area contributed by atoms with Gasteiger partial charge in [-0.25, -0.2) is 0 Å². The monoisotopic (exact) mass is 257 g/mol. The van der Waals surface area contributed by atoms with Gasteiger partial charge in [0.2, 0.25) is 0 Å². The van der Waals surface area contributed by atoms with Crippen molar-refractivity contribution in [2.45, 2.75) is 20.1 Å². The Morgan fingerprint density at radius 2 is 2.29 bits per heavy atom. The zero-order valence-electron chi connectivity index (χ0n) is 7.92. The predicted molar refractivity (Wildman–Crippen MR) is 57.5 cm³/mol. The number of halogens is 1. The van der Waals surface area contributed by atoms with E-state index in [4.69, 9.17) is 10.5 Å². The summed E-state index contributed by atoms with van der Waals surface area (Å²) in [5, 5.41) is 0. The van der Waals surface area contributed by atoms with Crippen LogP contribution in [-0.4, -0.2) is 5.97 Å². The van der Waals surface area contributed by atoms with Gasteiger partial charge in [0.1, 0.15) is 6.61 Å². The molecule has 0 atom stereocenters. The molecule has 0 amide bonds. The van der Waals surface area contributed by atoms with Crippen LogP contribution in [-0.2, 0) is 22.7 Å². The Balaban J connectivity index is 2.74. The molecule has 1 aromatic carbocycles. The summed E-state index contributed by atoms with van der Waals surface area (Å²) in [5.74, 6) is -0.276. The summed E-state index contributed by atoms with van der Waals surface area (Å²) in [6, 6.07) is 5.72. The molecule has 0 heterocycles. The number of rotatable bonds is 3. The number of nitrogens with two attached hydrogens (primary N) is 1. The fourth-order valence-corrected chi connectivity index (χ4v) is 1.47. The van der Waals surface area contributed by atoms with Crippen molar-refractivity contribution in [3.05, 3.63) is 33.8 Å². The molecule has 0 aliphatic rings. The molecule has 0 aliphatic heterocycles. The third-order valence-electron chi connectivity index (χ3n) is 1.77. The topological polar surface area (TPSA) is 52.3 Å². The highest BCUT2D eigenvalue weighted by atomic mass is 79.9. The molecule has 0 radical (unpaired) electrons. The molecule has 0 aromatic heterocycles. The molecule has 0 spiro atoms. The third kappa shape index (κ3) is 3.12. The van der Waals surface area contributed by atoms with E-state index in [1.165, 1.54) is 6.92 Å². The van der Waals surface area contributed by atoms with Crippen molar-refractivity contribution in [2.24, 2.45) is 5.73 Å². The summed E-state index contributed by atoms with van der Waals surface area (Å²) >= 11 is 3.38. The standard InChI is InChI=1S/C10H12BrNO2/c1-7(13)14-6-8-2-3-10(11)9(4-8)5-12/h2-4H,5-6,12H2,1H3. The van der Waals surface area contributed by atoms with Crippen LogP contribution in [0.25, 0.3) is 0 Å². The highest BCUT2D eigenvalue weighted by Gasteiger charge is 2.01. The number of hydrogen-bond acceptors (Lipinski definition) is 3. The molecular formula is C10H12BrNO2. The summed E-state index contributed by atoms with van der Waals surface area (Å²) in [7, 11) is 0. The Kier molecular flexibility index (Phi) is 4.10. The first kappa shape index (κ1) is 11.2. The lowest BCUT2D eigenvalue weighted by Gasteiger charge is -2.06. The second kappa shape index (κ2) is 5.12. The highest BCUT2D eigenvalue weighted by molar-refractivity contribution is 9.10. The van der Waals surface area contributed by atoms with Gasteiger partial charge in [-0.2, -0.15) is 0 Å². The van der Waals surface area contributed by atoms with E-state index in [2.05, 4.69) is 15.9 Å². The van der Waals surface area contributed by atoms with Gasteiger partial charge in [-0.3, -0.25) is 4.79 Å². The van der Waals surface area contributed by atoms with Gasteiger partial charge in [0.15, 0.2) is 0 Å². The maximum Gasteiger partial charge on any atom is 0.302 e. The van der Waals surface area contributed by atoms with Crippen molar-refractivity contribution in [1.82, 2.24) is 0 Å². The largest absolute Gasteiger partial charge is 0.461 e. The van der Waals surface area contributed by atoms with Crippen molar-refractivity contribution in [3.63, 3.8) is 0 Å². The van der Waals surface area contributed by atoms with E-state index < -0.39 is 0 Å². The van der Waals surface area contributed by atoms with E-state index in [1.807, 2.05) is 18.2 Å². The second-order valence-corrected chi connectivity index (χ2v) is 3.76. The van der Waals surface area contributed by atoms with Gasteiger partial charge in [0, 0.05) is 17.9 Å². The zero-order valence-corrected chi connectivity index (χ0v) is 9.50. The van der Waals surface area contributed by atoms with Gasteiger partial charge < -0.3 is 10.5 Å². The lowest BCUT2D eigenvalue weighted by molar-refractivity contribution is -0.142. The minimum atomic E-state index is -0.276. The first-order chi connectivity index (χ1) is 6.63. The number of hydrogen-bond donors (Lipinski definition) is 1. The van der Waals surface area contributed by atoms with Gasteiger partial charge in [0.25, 0.3) is 0 Å². The minimum Gasteiger partial charge on any atom is -0.461 e. The lowest BCUT2D eigenvalue weighted by Crippen LogP contribution is -2.02. The van der Waals surface area contributed by atoms with Crippen molar-refractivity contribution in [2.75, 3.05) is 0 Å². The fourth-order valence-electron chi connectivity index (χ4n) is 1.06. The zero-order chi connectivity index (χ0) is 10.6. The maximum absolute atomic E-state index is 10.6. The van der Waals surface area contributed by atoms with Gasteiger partial charge in [-0.1, -0.05) is 22.0 Å². The number of esters is 1. The van der Waals surface area contributed by atoms with Gasteiger partial charge in [0.05, 0.1) is 0 Å². The Labute approximate surface area is 91.4 Å². The molecule has 0 unspecified atom stereocenters. The number of ether oxygens (including phenoxy) is 1. The lowest BCUT2D eigenvalue weighted by atomic mass is 10.1. The first-order valence-electron chi connectivity index (χ1n) is 4.24. The Morgan fingerprint density at radius 3 is 2.86 bits per heavy atom. The molecule has 4 heteroatoms. The van der Waals surface area contributed by atoms with E-state index in [1.54, 1.807) is 0 Å². The maximum atomic E-state index is 10.6. The number of carbonyl (C=O) groups is 1. The van der Waals surface area contributed by atoms with Crippen LogP contribution in [0.5, 0.6) is 0 Å². The minimum absolute atomic E-state index is 0.276. The highest BCUT2D eigenvalue weighted by Crippen LogP contribution is 2.18. The molecule has 0 saturated heterocycles.